The predicted molar refractivity (Wildman–Crippen MR) is 124 cm³/mol. The van der Waals surface area contributed by atoms with E-state index < -0.39 is 17.3 Å². The third-order valence-corrected chi connectivity index (χ3v) is 6.11. The molecule has 6 nitrogen and oxygen atoms in total. The van der Waals surface area contributed by atoms with Gasteiger partial charge in [0, 0.05) is 19.5 Å². The number of carbonyl (C=O) groups is 1. The average Bonchev–Trinajstić information content (AvgIpc) is 2.79. The van der Waals surface area contributed by atoms with Gasteiger partial charge >= 0.3 is 0 Å². The maximum absolute atomic E-state index is 13.6. The monoisotopic (exact) mass is 459 g/mol. The molecule has 0 radical (unpaired) electrons. The summed E-state index contributed by atoms with van der Waals surface area (Å²) >= 11 is 6.08. The van der Waals surface area contributed by atoms with Crippen molar-refractivity contribution in [3.8, 4) is 5.69 Å². The van der Waals surface area contributed by atoms with E-state index in [4.69, 9.17) is 21.3 Å². The number of carbonyl (C=O) groups excluding carboxylic acids is 1. The first-order valence-corrected chi connectivity index (χ1v) is 10.9. The second-order valence-corrected chi connectivity index (χ2v) is 8.56. The largest absolute Gasteiger partial charge is 0.383 e. The SMILES string of the molecule is COCCN(C(=O)C(C)(C)CCl)C(C)c1nc2ccccc2c(=O)n1-c1ccc(F)cc1. The van der Waals surface area contributed by atoms with E-state index in [0.29, 0.717) is 35.6 Å². The number of hydrogen-bond acceptors (Lipinski definition) is 4. The molecule has 0 saturated carbocycles. The highest BCUT2D eigenvalue weighted by Gasteiger charge is 2.35. The van der Waals surface area contributed by atoms with Crippen LogP contribution in [-0.4, -0.2) is 46.5 Å². The minimum Gasteiger partial charge on any atom is -0.383 e. The number of hydrogen-bond donors (Lipinski definition) is 0. The van der Waals surface area contributed by atoms with Crippen molar-refractivity contribution in [2.24, 2.45) is 5.41 Å². The number of benzene rings is 2. The number of ether oxygens (including phenoxy) is 1. The van der Waals surface area contributed by atoms with Crippen molar-refractivity contribution < 1.29 is 13.9 Å². The lowest BCUT2D eigenvalue weighted by atomic mass is 9.93. The van der Waals surface area contributed by atoms with Crippen LogP contribution in [0, 0.1) is 11.2 Å². The van der Waals surface area contributed by atoms with Crippen molar-refractivity contribution in [2.45, 2.75) is 26.8 Å². The number of fused-ring (bicyclic) bond motifs is 1. The second kappa shape index (κ2) is 9.79. The van der Waals surface area contributed by atoms with Crippen LogP contribution in [0.3, 0.4) is 0 Å². The number of rotatable bonds is 8. The van der Waals surface area contributed by atoms with E-state index in [1.807, 2.05) is 6.92 Å². The lowest BCUT2D eigenvalue weighted by molar-refractivity contribution is -0.142. The Balaban J connectivity index is 2.24. The summed E-state index contributed by atoms with van der Waals surface area (Å²) in [6.07, 6.45) is 0. The molecule has 0 N–H and O–H groups in total. The van der Waals surface area contributed by atoms with Gasteiger partial charge in [-0.3, -0.25) is 14.2 Å². The zero-order chi connectivity index (χ0) is 23.5. The molecule has 0 aliphatic carbocycles. The smallest absolute Gasteiger partial charge is 0.266 e. The lowest BCUT2D eigenvalue weighted by Gasteiger charge is -2.35. The van der Waals surface area contributed by atoms with Crippen molar-refractivity contribution in [1.82, 2.24) is 14.5 Å². The van der Waals surface area contributed by atoms with Crippen LogP contribution >= 0.6 is 11.6 Å². The number of methoxy groups -OCH3 is 1. The van der Waals surface area contributed by atoms with E-state index in [0.717, 1.165) is 0 Å². The highest BCUT2D eigenvalue weighted by atomic mass is 35.5. The molecule has 0 aliphatic rings. The standard InChI is InChI=1S/C24H27ClFN3O3/c1-16(28(13-14-32-4)23(31)24(2,3)15-25)21-27-20-8-6-5-7-19(20)22(30)29(21)18-11-9-17(26)10-12-18/h5-12,16H,13-15H2,1-4H3. The molecular formula is C24H27ClFN3O3. The Morgan fingerprint density at radius 1 is 1.22 bits per heavy atom. The summed E-state index contributed by atoms with van der Waals surface area (Å²) < 4.78 is 20.2. The Bertz CT molecular complexity index is 1160. The molecule has 8 heteroatoms. The summed E-state index contributed by atoms with van der Waals surface area (Å²) in [5.41, 5.74) is -0.123. The van der Waals surface area contributed by atoms with Gasteiger partial charge in [0.25, 0.3) is 5.56 Å². The Labute approximate surface area is 191 Å². The molecular weight excluding hydrogens is 433 g/mol. The van der Waals surface area contributed by atoms with E-state index in [1.54, 1.807) is 50.1 Å². The van der Waals surface area contributed by atoms with Crippen LogP contribution in [0.5, 0.6) is 0 Å². The van der Waals surface area contributed by atoms with E-state index >= 15 is 0 Å². The van der Waals surface area contributed by atoms with Crippen LogP contribution in [0.25, 0.3) is 16.6 Å². The summed E-state index contributed by atoms with van der Waals surface area (Å²) in [5, 5.41) is 0.434. The Morgan fingerprint density at radius 3 is 2.50 bits per heavy atom. The number of halogens is 2. The molecule has 3 aromatic rings. The summed E-state index contributed by atoms with van der Waals surface area (Å²) in [7, 11) is 1.56. The average molecular weight is 460 g/mol. The van der Waals surface area contributed by atoms with Gasteiger partial charge in [0.2, 0.25) is 5.91 Å². The fraction of sp³-hybridized carbons (Fsp3) is 0.375. The maximum Gasteiger partial charge on any atom is 0.266 e. The van der Waals surface area contributed by atoms with E-state index in [-0.39, 0.29) is 17.3 Å². The molecule has 1 atom stereocenters. The zero-order valence-electron chi connectivity index (χ0n) is 18.6. The van der Waals surface area contributed by atoms with Gasteiger partial charge in [0.1, 0.15) is 11.6 Å². The van der Waals surface area contributed by atoms with Crippen molar-refractivity contribution in [3.63, 3.8) is 0 Å². The van der Waals surface area contributed by atoms with Crippen molar-refractivity contribution in [3.05, 3.63) is 70.5 Å². The quantitative estimate of drug-likeness (QED) is 0.470. The molecule has 2 aromatic carbocycles. The van der Waals surface area contributed by atoms with Gasteiger partial charge in [0.05, 0.1) is 34.7 Å². The molecule has 32 heavy (non-hydrogen) atoms. The summed E-state index contributed by atoms with van der Waals surface area (Å²) in [4.78, 5) is 33.2. The topological polar surface area (TPSA) is 64.4 Å². The lowest BCUT2D eigenvalue weighted by Crippen LogP contribution is -2.46. The highest BCUT2D eigenvalue weighted by Crippen LogP contribution is 2.28. The molecule has 1 heterocycles. The van der Waals surface area contributed by atoms with Gasteiger partial charge in [-0.1, -0.05) is 12.1 Å². The van der Waals surface area contributed by atoms with Gasteiger partial charge in [-0.2, -0.15) is 0 Å². The normalized spacial score (nSPS) is 12.7. The number of para-hydroxylation sites is 1. The van der Waals surface area contributed by atoms with E-state index in [2.05, 4.69) is 0 Å². The van der Waals surface area contributed by atoms with Crippen LogP contribution in [0.1, 0.15) is 32.6 Å². The first-order chi connectivity index (χ1) is 15.2. The molecule has 0 saturated heterocycles. The molecule has 0 bridgehead atoms. The van der Waals surface area contributed by atoms with Gasteiger partial charge < -0.3 is 9.64 Å². The molecule has 0 fully saturated rings. The fourth-order valence-corrected chi connectivity index (χ4v) is 3.63. The molecule has 3 rings (SSSR count). The second-order valence-electron chi connectivity index (χ2n) is 8.29. The van der Waals surface area contributed by atoms with Gasteiger partial charge in [-0.05, 0) is 57.2 Å². The van der Waals surface area contributed by atoms with Gasteiger partial charge in [-0.25, -0.2) is 9.37 Å². The van der Waals surface area contributed by atoms with E-state index in [9.17, 15) is 14.0 Å². The van der Waals surface area contributed by atoms with Crippen LogP contribution in [0.15, 0.2) is 53.3 Å². The summed E-state index contributed by atoms with van der Waals surface area (Å²) in [5.74, 6) is -0.0797. The van der Waals surface area contributed by atoms with Crippen molar-refractivity contribution in [2.75, 3.05) is 26.1 Å². The van der Waals surface area contributed by atoms with Gasteiger partial charge in [-0.15, -0.1) is 11.6 Å². The molecule has 1 unspecified atom stereocenters. The van der Waals surface area contributed by atoms with Crippen LogP contribution in [0.4, 0.5) is 4.39 Å². The highest BCUT2D eigenvalue weighted by molar-refractivity contribution is 6.19. The number of amides is 1. The summed E-state index contributed by atoms with van der Waals surface area (Å²) in [6.45, 7) is 5.96. The van der Waals surface area contributed by atoms with Crippen molar-refractivity contribution >= 4 is 28.4 Å². The molecule has 1 amide bonds. The minimum atomic E-state index is -0.818. The Morgan fingerprint density at radius 2 is 1.88 bits per heavy atom. The first kappa shape index (κ1) is 23.9. The third-order valence-electron chi connectivity index (χ3n) is 5.44. The third kappa shape index (κ3) is 4.69. The van der Waals surface area contributed by atoms with Crippen LogP contribution < -0.4 is 5.56 Å². The molecule has 0 aliphatic heterocycles. The Kier molecular flexibility index (Phi) is 7.31. The fourth-order valence-electron chi connectivity index (χ4n) is 3.52. The van der Waals surface area contributed by atoms with Gasteiger partial charge in [0.15, 0.2) is 0 Å². The number of aromatic nitrogens is 2. The molecule has 0 spiro atoms. The van der Waals surface area contributed by atoms with Crippen LogP contribution in [-0.2, 0) is 9.53 Å². The van der Waals surface area contributed by atoms with Crippen LogP contribution in [0.2, 0.25) is 0 Å². The summed E-state index contributed by atoms with van der Waals surface area (Å²) in [6, 6.07) is 12.1. The maximum atomic E-state index is 13.6. The molecule has 1 aromatic heterocycles. The number of alkyl halides is 1. The molecule has 170 valence electrons. The number of nitrogens with zero attached hydrogens (tertiary/aromatic N) is 3. The zero-order valence-corrected chi connectivity index (χ0v) is 19.4. The minimum absolute atomic E-state index is 0.137. The predicted octanol–water partition coefficient (Wildman–Crippen LogP) is 4.33. The first-order valence-electron chi connectivity index (χ1n) is 10.3. The Hall–Kier alpha value is -2.77. The van der Waals surface area contributed by atoms with Crippen molar-refractivity contribution in [1.29, 1.82) is 0 Å². The van der Waals surface area contributed by atoms with E-state index in [1.165, 1.54) is 28.8 Å².